The van der Waals surface area contributed by atoms with Crippen molar-refractivity contribution < 1.29 is 17.6 Å². The van der Waals surface area contributed by atoms with Crippen LogP contribution in [0.4, 0.5) is 4.39 Å². The zero-order chi connectivity index (χ0) is 20.2. The van der Waals surface area contributed by atoms with E-state index in [-0.39, 0.29) is 16.5 Å². The Labute approximate surface area is 160 Å². The summed E-state index contributed by atoms with van der Waals surface area (Å²) in [6.45, 7) is 5.88. The van der Waals surface area contributed by atoms with Crippen LogP contribution in [0.25, 0.3) is 0 Å². The van der Waals surface area contributed by atoms with Crippen LogP contribution in [0, 0.1) is 5.82 Å². The lowest BCUT2D eigenvalue weighted by Gasteiger charge is -2.26. The predicted molar refractivity (Wildman–Crippen MR) is 103 cm³/mol. The van der Waals surface area contributed by atoms with Crippen molar-refractivity contribution in [2.24, 2.45) is 0 Å². The molecule has 0 saturated heterocycles. The minimum Gasteiger partial charge on any atom is -0.335 e. The molecule has 0 bridgehead atoms. The van der Waals surface area contributed by atoms with Gasteiger partial charge in [0, 0.05) is 20.1 Å². The maximum Gasteiger partial charge on any atom is 0.257 e. The fraction of sp³-hybridized carbons (Fsp3) is 0.350. The molecule has 0 heterocycles. The van der Waals surface area contributed by atoms with Gasteiger partial charge in [0.25, 0.3) is 5.91 Å². The first kappa shape index (κ1) is 21.1. The standard InChI is InChI=1S/C20H25FN2O3S/c1-5-23(6-2)27(25,26)17-12-13-19(21)18(14-17)20(24)22(4)15(3)16-10-8-7-9-11-16/h7-15H,5-6H2,1-4H3. The first-order chi connectivity index (χ1) is 12.7. The SMILES string of the molecule is CCN(CC)S(=O)(=O)c1ccc(F)c(C(=O)N(C)C(C)c2ccccc2)c1. The van der Waals surface area contributed by atoms with E-state index in [0.29, 0.717) is 13.1 Å². The summed E-state index contributed by atoms with van der Waals surface area (Å²) in [6.07, 6.45) is 0. The molecule has 2 aromatic rings. The Kier molecular flexibility index (Phi) is 6.73. The number of hydrogen-bond acceptors (Lipinski definition) is 3. The molecule has 146 valence electrons. The highest BCUT2D eigenvalue weighted by molar-refractivity contribution is 7.89. The van der Waals surface area contributed by atoms with Crippen molar-refractivity contribution in [1.82, 2.24) is 9.21 Å². The van der Waals surface area contributed by atoms with E-state index in [2.05, 4.69) is 0 Å². The largest absolute Gasteiger partial charge is 0.335 e. The lowest BCUT2D eigenvalue weighted by molar-refractivity contribution is 0.0737. The van der Waals surface area contributed by atoms with Crippen LogP contribution in [0.3, 0.4) is 0 Å². The Bertz CT molecular complexity index is 897. The lowest BCUT2D eigenvalue weighted by Crippen LogP contribution is -2.32. The van der Waals surface area contributed by atoms with Gasteiger partial charge in [-0.25, -0.2) is 12.8 Å². The number of benzene rings is 2. The smallest absolute Gasteiger partial charge is 0.257 e. The molecule has 1 amide bonds. The summed E-state index contributed by atoms with van der Waals surface area (Å²) in [5, 5.41) is 0. The molecule has 0 radical (unpaired) electrons. The number of sulfonamides is 1. The van der Waals surface area contributed by atoms with Gasteiger partial charge in [-0.05, 0) is 30.7 Å². The van der Waals surface area contributed by atoms with Crippen molar-refractivity contribution in [2.45, 2.75) is 31.7 Å². The molecule has 0 N–H and O–H groups in total. The Morgan fingerprint density at radius 1 is 1.07 bits per heavy atom. The summed E-state index contributed by atoms with van der Waals surface area (Å²) in [5.74, 6) is -1.31. The van der Waals surface area contributed by atoms with Crippen molar-refractivity contribution in [3.63, 3.8) is 0 Å². The quantitative estimate of drug-likeness (QED) is 0.722. The van der Waals surface area contributed by atoms with Crippen LogP contribution in [0.15, 0.2) is 53.4 Å². The van der Waals surface area contributed by atoms with Crippen molar-refractivity contribution >= 4 is 15.9 Å². The van der Waals surface area contributed by atoms with E-state index in [9.17, 15) is 17.6 Å². The molecular formula is C20H25FN2O3S. The topological polar surface area (TPSA) is 57.7 Å². The van der Waals surface area contributed by atoms with E-state index in [1.807, 2.05) is 37.3 Å². The van der Waals surface area contributed by atoms with Gasteiger partial charge < -0.3 is 4.90 Å². The van der Waals surface area contributed by atoms with Crippen LogP contribution in [-0.2, 0) is 10.0 Å². The second-order valence-corrected chi connectivity index (χ2v) is 8.17. The van der Waals surface area contributed by atoms with Gasteiger partial charge >= 0.3 is 0 Å². The summed E-state index contributed by atoms with van der Waals surface area (Å²) in [5.41, 5.74) is 0.647. The number of nitrogens with zero attached hydrogens (tertiary/aromatic N) is 2. The summed E-state index contributed by atoms with van der Waals surface area (Å²) >= 11 is 0. The number of rotatable bonds is 7. The fourth-order valence-corrected chi connectivity index (χ4v) is 4.35. The molecule has 1 atom stereocenters. The molecule has 0 aliphatic carbocycles. The van der Waals surface area contributed by atoms with E-state index in [0.717, 1.165) is 17.7 Å². The third-order valence-electron chi connectivity index (χ3n) is 4.69. The maximum atomic E-state index is 14.3. The van der Waals surface area contributed by atoms with Gasteiger partial charge in [0.05, 0.1) is 16.5 Å². The van der Waals surface area contributed by atoms with Crippen LogP contribution in [0.2, 0.25) is 0 Å². The third kappa shape index (κ3) is 4.36. The van der Waals surface area contributed by atoms with Crippen LogP contribution < -0.4 is 0 Å². The van der Waals surface area contributed by atoms with E-state index >= 15 is 0 Å². The fourth-order valence-electron chi connectivity index (χ4n) is 2.86. The molecule has 0 aromatic heterocycles. The first-order valence-corrected chi connectivity index (χ1v) is 10.3. The molecule has 0 fully saturated rings. The Hall–Kier alpha value is -2.25. The lowest BCUT2D eigenvalue weighted by atomic mass is 10.1. The molecule has 1 unspecified atom stereocenters. The molecule has 0 saturated carbocycles. The van der Waals surface area contributed by atoms with Gasteiger partial charge in [0.2, 0.25) is 10.0 Å². The third-order valence-corrected chi connectivity index (χ3v) is 6.74. The predicted octanol–water partition coefficient (Wildman–Crippen LogP) is 3.69. The Morgan fingerprint density at radius 2 is 1.67 bits per heavy atom. The zero-order valence-corrected chi connectivity index (χ0v) is 16.8. The average molecular weight is 392 g/mol. The molecule has 0 aliphatic heterocycles. The van der Waals surface area contributed by atoms with E-state index < -0.39 is 21.7 Å². The van der Waals surface area contributed by atoms with Gasteiger partial charge in [0.15, 0.2) is 0 Å². The molecule has 2 rings (SSSR count). The summed E-state index contributed by atoms with van der Waals surface area (Å²) in [6, 6.07) is 12.4. The summed E-state index contributed by atoms with van der Waals surface area (Å²) < 4.78 is 41.0. The van der Waals surface area contributed by atoms with Gasteiger partial charge in [-0.3, -0.25) is 4.79 Å². The van der Waals surface area contributed by atoms with Gasteiger partial charge in [-0.1, -0.05) is 44.2 Å². The first-order valence-electron chi connectivity index (χ1n) is 8.85. The van der Waals surface area contributed by atoms with Gasteiger partial charge in [-0.15, -0.1) is 0 Å². The van der Waals surface area contributed by atoms with E-state index in [1.54, 1.807) is 20.9 Å². The molecule has 0 aliphatic rings. The molecular weight excluding hydrogens is 367 g/mol. The van der Waals surface area contributed by atoms with Crippen molar-refractivity contribution in [1.29, 1.82) is 0 Å². The minimum atomic E-state index is -3.78. The summed E-state index contributed by atoms with van der Waals surface area (Å²) in [4.78, 5) is 14.2. The number of carbonyl (C=O) groups is 1. The van der Waals surface area contributed by atoms with Gasteiger partial charge in [-0.2, -0.15) is 4.31 Å². The van der Waals surface area contributed by atoms with Gasteiger partial charge in [0.1, 0.15) is 5.82 Å². The summed E-state index contributed by atoms with van der Waals surface area (Å²) in [7, 11) is -2.20. The normalized spacial score (nSPS) is 12.8. The number of halogens is 1. The maximum absolute atomic E-state index is 14.3. The second kappa shape index (κ2) is 8.63. The Morgan fingerprint density at radius 3 is 2.22 bits per heavy atom. The van der Waals surface area contributed by atoms with E-state index in [4.69, 9.17) is 0 Å². The van der Waals surface area contributed by atoms with Crippen molar-refractivity contribution in [3.8, 4) is 0 Å². The highest BCUT2D eigenvalue weighted by Crippen LogP contribution is 2.24. The number of hydrogen-bond donors (Lipinski definition) is 0. The molecule has 7 heteroatoms. The average Bonchev–Trinajstić information content (AvgIpc) is 2.67. The molecule has 2 aromatic carbocycles. The second-order valence-electron chi connectivity index (χ2n) is 6.23. The number of carbonyl (C=O) groups excluding carboxylic acids is 1. The monoisotopic (exact) mass is 392 g/mol. The van der Waals surface area contributed by atoms with Crippen molar-refractivity contribution in [2.75, 3.05) is 20.1 Å². The van der Waals surface area contributed by atoms with Crippen LogP contribution in [-0.4, -0.2) is 43.7 Å². The zero-order valence-electron chi connectivity index (χ0n) is 16.0. The highest BCUT2D eigenvalue weighted by atomic mass is 32.2. The minimum absolute atomic E-state index is 0.0864. The number of amides is 1. The Balaban J connectivity index is 2.39. The molecule has 5 nitrogen and oxygen atoms in total. The molecule has 0 spiro atoms. The van der Waals surface area contributed by atoms with Crippen LogP contribution in [0.1, 0.15) is 42.7 Å². The van der Waals surface area contributed by atoms with Crippen LogP contribution >= 0.6 is 0 Å². The van der Waals surface area contributed by atoms with E-state index in [1.165, 1.54) is 15.3 Å². The van der Waals surface area contributed by atoms with Crippen molar-refractivity contribution in [3.05, 3.63) is 65.5 Å². The highest BCUT2D eigenvalue weighted by Gasteiger charge is 2.26. The molecule has 27 heavy (non-hydrogen) atoms. The van der Waals surface area contributed by atoms with Crippen LogP contribution in [0.5, 0.6) is 0 Å².